The molecule has 0 unspecified atom stereocenters. The molecule has 8 nitrogen and oxygen atoms in total. The Balaban J connectivity index is 1.18. The van der Waals surface area contributed by atoms with Crippen LogP contribution in [0.4, 0.5) is 15.8 Å². The van der Waals surface area contributed by atoms with Gasteiger partial charge >= 0.3 is 0 Å². The van der Waals surface area contributed by atoms with Crippen LogP contribution >= 0.6 is 11.6 Å². The van der Waals surface area contributed by atoms with E-state index in [9.17, 15) is 24.3 Å². The molecule has 4 amide bonds. The van der Waals surface area contributed by atoms with E-state index in [4.69, 9.17) is 11.6 Å². The number of hydrogen-bond acceptors (Lipinski definition) is 6. The van der Waals surface area contributed by atoms with E-state index in [0.717, 1.165) is 15.9 Å². The molecule has 6 atom stereocenters. The molecule has 9 rings (SSSR count). The van der Waals surface area contributed by atoms with Gasteiger partial charge in [0.25, 0.3) is 0 Å². The van der Waals surface area contributed by atoms with Crippen LogP contribution in [-0.4, -0.2) is 34.5 Å². The maximum atomic E-state index is 15.4. The van der Waals surface area contributed by atoms with Crippen molar-refractivity contribution in [3.8, 4) is 5.75 Å². The lowest BCUT2D eigenvalue weighted by molar-refractivity contribution is -0.127. The van der Waals surface area contributed by atoms with E-state index >= 15 is 9.18 Å². The molecule has 2 aliphatic carbocycles. The van der Waals surface area contributed by atoms with Crippen molar-refractivity contribution in [3.63, 3.8) is 0 Å². The lowest BCUT2D eigenvalue weighted by Gasteiger charge is -2.50. The van der Waals surface area contributed by atoms with Gasteiger partial charge < -0.3 is 5.11 Å². The van der Waals surface area contributed by atoms with Crippen LogP contribution in [0.25, 0.3) is 0 Å². The van der Waals surface area contributed by atoms with Gasteiger partial charge in [0.15, 0.2) is 17.3 Å². The van der Waals surface area contributed by atoms with Gasteiger partial charge in [-0.3, -0.25) is 28.9 Å². The highest BCUT2D eigenvalue weighted by molar-refractivity contribution is 6.32. The molecule has 3 fully saturated rings. The number of aromatic hydroxyl groups is 1. The highest BCUT2D eigenvalue weighted by Crippen LogP contribution is 2.65. The van der Waals surface area contributed by atoms with E-state index < -0.39 is 70.2 Å². The summed E-state index contributed by atoms with van der Waals surface area (Å²) in [6.07, 6.45) is 2.02. The van der Waals surface area contributed by atoms with E-state index in [0.29, 0.717) is 33.0 Å². The molecule has 55 heavy (non-hydrogen) atoms. The predicted octanol–water partition coefficient (Wildman–Crippen LogP) is 7.78. The lowest BCUT2D eigenvalue weighted by atomic mass is 9.49. The van der Waals surface area contributed by atoms with Crippen molar-refractivity contribution < 1.29 is 33.5 Å². The first-order chi connectivity index (χ1) is 26.6. The number of allylic oxidation sites excluding steroid dienone is 2. The van der Waals surface area contributed by atoms with Gasteiger partial charge in [0.2, 0.25) is 23.6 Å². The second-order valence-corrected chi connectivity index (χ2v) is 15.0. The zero-order chi connectivity index (χ0) is 38.2. The van der Waals surface area contributed by atoms with Crippen molar-refractivity contribution in [2.24, 2.45) is 23.7 Å². The van der Waals surface area contributed by atoms with Gasteiger partial charge in [-0.2, -0.15) is 0 Å². The number of para-hydroxylation sites is 1. The Bertz CT molecular complexity index is 2470. The molecule has 272 valence electrons. The van der Waals surface area contributed by atoms with Crippen molar-refractivity contribution in [3.05, 3.63) is 172 Å². The molecule has 2 heterocycles. The number of imide groups is 2. The number of phenols is 1. The number of carbonyl (C=O) groups excluding carboxylic acids is 5. The van der Waals surface area contributed by atoms with Crippen molar-refractivity contribution in [1.82, 2.24) is 0 Å². The van der Waals surface area contributed by atoms with Crippen LogP contribution in [0.15, 0.2) is 139 Å². The van der Waals surface area contributed by atoms with E-state index in [-0.39, 0.29) is 29.9 Å². The fourth-order valence-electron chi connectivity index (χ4n) is 9.63. The summed E-state index contributed by atoms with van der Waals surface area (Å²) in [7, 11) is 0. The number of fused-ring (bicyclic) bond motifs is 4. The average Bonchev–Trinajstić information content (AvgIpc) is 3.60. The Kier molecular flexibility index (Phi) is 8.16. The fourth-order valence-corrected chi connectivity index (χ4v) is 9.81. The number of nitrogens with zero attached hydrogens (tertiary/aromatic N) is 2. The molecule has 5 aromatic carbocycles. The van der Waals surface area contributed by atoms with Gasteiger partial charge in [-0.25, -0.2) is 9.29 Å². The third-order valence-corrected chi connectivity index (χ3v) is 12.2. The molecule has 1 N–H and O–H groups in total. The van der Waals surface area contributed by atoms with Gasteiger partial charge in [-0.05, 0) is 72.9 Å². The van der Waals surface area contributed by atoms with Crippen LogP contribution in [0, 0.1) is 29.5 Å². The summed E-state index contributed by atoms with van der Waals surface area (Å²) in [5, 5.41) is 11.7. The maximum Gasteiger partial charge on any atom is 0.246 e. The summed E-state index contributed by atoms with van der Waals surface area (Å²) in [5.74, 6) is -8.28. The van der Waals surface area contributed by atoms with Gasteiger partial charge in [0.1, 0.15) is 0 Å². The van der Waals surface area contributed by atoms with Crippen LogP contribution < -0.4 is 9.80 Å². The molecular formula is C45H32ClFN2O6. The number of anilines is 2. The smallest absolute Gasteiger partial charge is 0.246 e. The van der Waals surface area contributed by atoms with Crippen LogP contribution in [0.3, 0.4) is 0 Å². The van der Waals surface area contributed by atoms with Gasteiger partial charge in [0, 0.05) is 27.6 Å². The summed E-state index contributed by atoms with van der Waals surface area (Å²) in [6, 6.07) is 34.5. The molecule has 0 spiro atoms. The second kappa shape index (κ2) is 13.0. The van der Waals surface area contributed by atoms with Gasteiger partial charge in [-0.1, -0.05) is 102 Å². The van der Waals surface area contributed by atoms with Gasteiger partial charge in [0.05, 0.1) is 34.5 Å². The molecule has 5 aromatic rings. The zero-order valence-corrected chi connectivity index (χ0v) is 29.9. The molecule has 10 heteroatoms. The van der Waals surface area contributed by atoms with Crippen molar-refractivity contribution in [1.29, 1.82) is 0 Å². The van der Waals surface area contributed by atoms with Gasteiger partial charge in [-0.15, -0.1) is 0 Å². The molecule has 1 saturated carbocycles. The second-order valence-electron chi connectivity index (χ2n) is 14.5. The highest BCUT2D eigenvalue weighted by atomic mass is 35.5. The molecule has 2 aliphatic heterocycles. The first-order valence-electron chi connectivity index (χ1n) is 18.1. The Hall–Kier alpha value is -6.19. The monoisotopic (exact) mass is 750 g/mol. The minimum absolute atomic E-state index is 0.0352. The van der Waals surface area contributed by atoms with E-state index in [2.05, 4.69) is 0 Å². The number of hydrogen-bond donors (Lipinski definition) is 1. The number of carbonyl (C=O) groups is 5. The first kappa shape index (κ1) is 34.6. The Morgan fingerprint density at radius 1 is 0.709 bits per heavy atom. The minimum atomic E-state index is -1.66. The standard InChI is InChI=1S/C45H32ClFN2O6/c46-28-13-7-14-30(23-28)49-42(53)35-24-34-31(38(33-15-8-16-36(47)40(33)51)45(35,44(49)55)27-11-5-2-6-12-27)21-22-32-37(34)43(54)48(41(32)52)29-19-17-26(18-20-29)39(50)25-9-3-1-4-10-25/h1-21,23,32,34-35,37-38,51H,22,24H2/t32-,34+,35-,37-,38+,45+/m0/s1. The maximum absolute atomic E-state index is 15.4. The number of benzene rings is 5. The highest BCUT2D eigenvalue weighted by Gasteiger charge is 2.70. The normalized spacial score (nSPS) is 25.7. The SMILES string of the molecule is O=C(c1ccccc1)c1ccc(N2C(=O)[C@H]3[C@H](CC=C4[C@H]3C[C@H]3C(=O)N(c5cccc(Cl)c5)C(=O)[C@@]3(c3ccccc3)[C@H]4c3cccc(F)c3O)C2=O)cc1. The summed E-state index contributed by atoms with van der Waals surface area (Å²) < 4.78 is 15.4. The average molecular weight is 751 g/mol. The number of amides is 4. The zero-order valence-electron chi connectivity index (χ0n) is 29.1. The molecular weight excluding hydrogens is 719 g/mol. The Morgan fingerprint density at radius 2 is 1.38 bits per heavy atom. The summed E-state index contributed by atoms with van der Waals surface area (Å²) in [5.41, 5.74) is 0.996. The third kappa shape index (κ3) is 5.06. The van der Waals surface area contributed by atoms with E-state index in [1.807, 2.05) is 12.1 Å². The summed E-state index contributed by atoms with van der Waals surface area (Å²) >= 11 is 6.37. The number of ketones is 1. The number of rotatable bonds is 6. The molecule has 0 aromatic heterocycles. The Labute approximate surface area is 320 Å². The summed E-state index contributed by atoms with van der Waals surface area (Å²) in [6.45, 7) is 0. The molecule has 4 aliphatic rings. The van der Waals surface area contributed by atoms with Crippen LogP contribution in [0.5, 0.6) is 5.75 Å². The van der Waals surface area contributed by atoms with Crippen molar-refractivity contribution in [2.75, 3.05) is 9.80 Å². The van der Waals surface area contributed by atoms with Crippen molar-refractivity contribution >= 4 is 52.4 Å². The van der Waals surface area contributed by atoms with Crippen LogP contribution in [-0.2, 0) is 24.6 Å². The molecule has 0 radical (unpaired) electrons. The van der Waals surface area contributed by atoms with Crippen LogP contribution in [0.2, 0.25) is 5.02 Å². The fraction of sp³-hybridized carbons (Fsp3) is 0.178. The van der Waals surface area contributed by atoms with E-state index in [1.54, 1.807) is 103 Å². The number of phenolic OH excluding ortho intramolecular Hbond substituents is 1. The summed E-state index contributed by atoms with van der Waals surface area (Å²) in [4.78, 5) is 74.4. The molecule has 2 saturated heterocycles. The quantitative estimate of drug-likeness (QED) is 0.108. The first-order valence-corrected chi connectivity index (χ1v) is 18.4. The van der Waals surface area contributed by atoms with E-state index in [1.165, 1.54) is 12.1 Å². The topological polar surface area (TPSA) is 112 Å². The van der Waals surface area contributed by atoms with Crippen LogP contribution in [0.1, 0.15) is 45.8 Å². The third-order valence-electron chi connectivity index (χ3n) is 11.9. The Morgan fingerprint density at radius 3 is 2.09 bits per heavy atom. The number of halogens is 2. The largest absolute Gasteiger partial charge is 0.505 e. The van der Waals surface area contributed by atoms with Crippen molar-refractivity contribution in [2.45, 2.75) is 24.2 Å². The lowest BCUT2D eigenvalue weighted by Crippen LogP contribution is -2.53. The predicted molar refractivity (Wildman–Crippen MR) is 203 cm³/mol. The minimum Gasteiger partial charge on any atom is -0.505 e. The molecule has 0 bridgehead atoms.